The Bertz CT molecular complexity index is 594. The number of amides is 2. The molecule has 1 fully saturated rings. The largest absolute Gasteiger partial charge is 0.416 e. The van der Waals surface area contributed by atoms with E-state index in [4.69, 9.17) is 0 Å². The third-order valence-electron chi connectivity index (χ3n) is 4.17. The standard InChI is InChI=1S/C16H20F3N3O2/c1-11(21-7-9-22(10-8-21)12(2)23)15(24)20-14-5-3-13(4-6-14)16(17,18)19/h3-6,11H,7-10H2,1-2H3,(H,20,24)/t11-/m1/s1. The van der Waals surface area contributed by atoms with Crippen LogP contribution >= 0.6 is 0 Å². The van der Waals surface area contributed by atoms with E-state index in [-0.39, 0.29) is 11.8 Å². The number of halogens is 3. The fourth-order valence-electron chi connectivity index (χ4n) is 2.58. The highest BCUT2D eigenvalue weighted by atomic mass is 19.4. The molecule has 8 heteroatoms. The van der Waals surface area contributed by atoms with E-state index >= 15 is 0 Å². The van der Waals surface area contributed by atoms with Gasteiger partial charge in [0.15, 0.2) is 0 Å². The number of carbonyl (C=O) groups excluding carboxylic acids is 2. The number of hydrogen-bond acceptors (Lipinski definition) is 3. The Balaban J connectivity index is 1.91. The molecule has 1 atom stereocenters. The van der Waals surface area contributed by atoms with Gasteiger partial charge in [-0.1, -0.05) is 0 Å². The molecule has 1 N–H and O–H groups in total. The van der Waals surface area contributed by atoms with Gasteiger partial charge in [0.1, 0.15) is 0 Å². The number of carbonyl (C=O) groups is 2. The molecule has 1 aliphatic rings. The summed E-state index contributed by atoms with van der Waals surface area (Å²) in [5.74, 6) is -0.275. The van der Waals surface area contributed by atoms with E-state index in [0.29, 0.717) is 31.9 Å². The van der Waals surface area contributed by atoms with Gasteiger partial charge in [-0.2, -0.15) is 13.2 Å². The van der Waals surface area contributed by atoms with Crippen molar-refractivity contribution >= 4 is 17.5 Å². The smallest absolute Gasteiger partial charge is 0.340 e. The Kier molecular flexibility index (Phi) is 5.48. The van der Waals surface area contributed by atoms with Gasteiger partial charge in [0, 0.05) is 38.8 Å². The molecule has 1 aliphatic heterocycles. The Hall–Kier alpha value is -2.09. The number of rotatable bonds is 3. The van der Waals surface area contributed by atoms with Crippen LogP contribution in [0.2, 0.25) is 0 Å². The molecule has 1 aromatic rings. The molecule has 1 aromatic carbocycles. The molecule has 1 saturated heterocycles. The predicted octanol–water partition coefficient (Wildman–Crippen LogP) is 2.20. The van der Waals surface area contributed by atoms with E-state index < -0.39 is 17.8 Å². The minimum absolute atomic E-state index is 0.0107. The third kappa shape index (κ3) is 4.47. The quantitative estimate of drug-likeness (QED) is 0.915. The molecule has 0 aromatic heterocycles. The first-order valence-electron chi connectivity index (χ1n) is 7.66. The van der Waals surface area contributed by atoms with E-state index in [2.05, 4.69) is 5.32 Å². The summed E-state index contributed by atoms with van der Waals surface area (Å²) in [6.45, 7) is 5.54. The molecule has 2 rings (SSSR count). The van der Waals surface area contributed by atoms with E-state index in [9.17, 15) is 22.8 Å². The fourth-order valence-corrected chi connectivity index (χ4v) is 2.58. The average Bonchev–Trinajstić information content (AvgIpc) is 2.54. The van der Waals surface area contributed by atoms with Crippen LogP contribution in [0.4, 0.5) is 18.9 Å². The van der Waals surface area contributed by atoms with Crippen molar-refractivity contribution in [2.24, 2.45) is 0 Å². The van der Waals surface area contributed by atoms with Gasteiger partial charge in [0.2, 0.25) is 11.8 Å². The summed E-state index contributed by atoms with van der Waals surface area (Å²) >= 11 is 0. The lowest BCUT2D eigenvalue weighted by Gasteiger charge is -2.37. The van der Waals surface area contributed by atoms with Crippen LogP contribution in [0.5, 0.6) is 0 Å². The predicted molar refractivity (Wildman–Crippen MR) is 83.4 cm³/mol. The van der Waals surface area contributed by atoms with Crippen molar-refractivity contribution in [1.29, 1.82) is 0 Å². The fraction of sp³-hybridized carbons (Fsp3) is 0.500. The first-order valence-corrected chi connectivity index (χ1v) is 7.66. The SMILES string of the molecule is CC(=O)N1CCN([C@H](C)C(=O)Nc2ccc(C(F)(F)F)cc2)CC1. The summed E-state index contributed by atoms with van der Waals surface area (Å²) < 4.78 is 37.6. The van der Waals surface area contributed by atoms with Crippen molar-refractivity contribution in [1.82, 2.24) is 9.80 Å². The minimum Gasteiger partial charge on any atom is -0.340 e. The molecule has 0 saturated carbocycles. The molecule has 24 heavy (non-hydrogen) atoms. The van der Waals surface area contributed by atoms with E-state index in [0.717, 1.165) is 12.1 Å². The summed E-state index contributed by atoms with van der Waals surface area (Å²) in [5, 5.41) is 2.62. The molecule has 0 radical (unpaired) electrons. The minimum atomic E-state index is -4.40. The van der Waals surface area contributed by atoms with Crippen LogP contribution < -0.4 is 5.32 Å². The van der Waals surface area contributed by atoms with E-state index in [1.807, 2.05) is 4.90 Å². The van der Waals surface area contributed by atoms with Gasteiger partial charge in [-0.05, 0) is 31.2 Å². The zero-order chi connectivity index (χ0) is 17.9. The lowest BCUT2D eigenvalue weighted by atomic mass is 10.2. The van der Waals surface area contributed by atoms with Crippen LogP contribution in [-0.2, 0) is 15.8 Å². The first kappa shape index (κ1) is 18.3. The van der Waals surface area contributed by atoms with E-state index in [1.54, 1.807) is 11.8 Å². The zero-order valence-electron chi connectivity index (χ0n) is 13.6. The Morgan fingerprint density at radius 2 is 1.62 bits per heavy atom. The highest BCUT2D eigenvalue weighted by Crippen LogP contribution is 2.29. The van der Waals surface area contributed by atoms with Gasteiger partial charge in [-0.25, -0.2) is 0 Å². The molecule has 132 valence electrons. The van der Waals surface area contributed by atoms with Crippen LogP contribution in [0.15, 0.2) is 24.3 Å². The third-order valence-corrected chi connectivity index (χ3v) is 4.17. The van der Waals surface area contributed by atoms with Crippen molar-refractivity contribution < 1.29 is 22.8 Å². The molecular formula is C16H20F3N3O2. The lowest BCUT2D eigenvalue weighted by Crippen LogP contribution is -2.53. The molecule has 0 unspecified atom stereocenters. The van der Waals surface area contributed by atoms with Gasteiger partial charge in [-0.15, -0.1) is 0 Å². The normalized spacial score (nSPS) is 17.5. The molecule has 5 nitrogen and oxygen atoms in total. The summed E-state index contributed by atoms with van der Waals surface area (Å²) in [5.41, 5.74) is -0.434. The summed E-state index contributed by atoms with van der Waals surface area (Å²) in [7, 11) is 0. The number of alkyl halides is 3. The highest BCUT2D eigenvalue weighted by Gasteiger charge is 2.30. The van der Waals surface area contributed by atoms with Crippen LogP contribution in [-0.4, -0.2) is 53.8 Å². The van der Waals surface area contributed by atoms with Crippen LogP contribution in [0, 0.1) is 0 Å². The number of piperazine rings is 1. The van der Waals surface area contributed by atoms with Crippen LogP contribution in [0.1, 0.15) is 19.4 Å². The molecule has 0 aliphatic carbocycles. The second-order valence-corrected chi connectivity index (χ2v) is 5.78. The monoisotopic (exact) mass is 343 g/mol. The highest BCUT2D eigenvalue weighted by molar-refractivity contribution is 5.94. The number of hydrogen-bond donors (Lipinski definition) is 1. The molecular weight excluding hydrogens is 323 g/mol. The molecule has 0 spiro atoms. The second-order valence-electron chi connectivity index (χ2n) is 5.78. The molecule has 0 bridgehead atoms. The number of nitrogens with one attached hydrogen (secondary N) is 1. The maximum Gasteiger partial charge on any atom is 0.416 e. The van der Waals surface area contributed by atoms with E-state index in [1.165, 1.54) is 19.1 Å². The topological polar surface area (TPSA) is 52.7 Å². The van der Waals surface area contributed by atoms with Gasteiger partial charge in [-0.3, -0.25) is 14.5 Å². The van der Waals surface area contributed by atoms with Crippen LogP contribution in [0.25, 0.3) is 0 Å². The Morgan fingerprint density at radius 1 is 1.08 bits per heavy atom. The molecule has 1 heterocycles. The van der Waals surface area contributed by atoms with Crippen molar-refractivity contribution in [3.8, 4) is 0 Å². The molecule has 2 amide bonds. The Labute approximate surface area is 138 Å². The zero-order valence-corrected chi connectivity index (χ0v) is 13.6. The first-order chi connectivity index (χ1) is 11.2. The lowest BCUT2D eigenvalue weighted by molar-refractivity contribution is -0.137. The summed E-state index contributed by atoms with van der Waals surface area (Å²) in [6.07, 6.45) is -4.40. The van der Waals surface area contributed by atoms with Gasteiger partial charge < -0.3 is 10.2 Å². The van der Waals surface area contributed by atoms with Crippen molar-refractivity contribution in [2.45, 2.75) is 26.1 Å². The summed E-state index contributed by atoms with van der Waals surface area (Å²) in [6, 6.07) is 3.92. The number of benzene rings is 1. The maximum atomic E-state index is 12.5. The maximum absolute atomic E-state index is 12.5. The Morgan fingerprint density at radius 3 is 2.08 bits per heavy atom. The number of nitrogens with zero attached hydrogens (tertiary/aromatic N) is 2. The van der Waals surface area contributed by atoms with Gasteiger partial charge in [0.25, 0.3) is 0 Å². The van der Waals surface area contributed by atoms with Crippen molar-refractivity contribution in [3.05, 3.63) is 29.8 Å². The van der Waals surface area contributed by atoms with Crippen molar-refractivity contribution in [3.63, 3.8) is 0 Å². The second kappa shape index (κ2) is 7.21. The van der Waals surface area contributed by atoms with Crippen LogP contribution in [0.3, 0.4) is 0 Å². The van der Waals surface area contributed by atoms with Crippen molar-refractivity contribution in [2.75, 3.05) is 31.5 Å². The average molecular weight is 343 g/mol. The van der Waals surface area contributed by atoms with Gasteiger partial charge in [0.05, 0.1) is 11.6 Å². The van der Waals surface area contributed by atoms with Gasteiger partial charge >= 0.3 is 6.18 Å². The number of anilines is 1. The summed E-state index contributed by atoms with van der Waals surface area (Å²) in [4.78, 5) is 27.2.